The van der Waals surface area contributed by atoms with Crippen LogP contribution < -0.4 is 0 Å². The summed E-state index contributed by atoms with van der Waals surface area (Å²) in [4.78, 5) is 18.4. The van der Waals surface area contributed by atoms with E-state index in [9.17, 15) is 4.79 Å². The Morgan fingerprint density at radius 1 is 1.44 bits per heavy atom. The first kappa shape index (κ1) is 12.9. The van der Waals surface area contributed by atoms with Gasteiger partial charge in [0.2, 0.25) is 0 Å². The number of pyridine rings is 1. The molecular formula is C13H16ClN3O. The van der Waals surface area contributed by atoms with Crippen molar-refractivity contribution < 1.29 is 4.79 Å². The largest absolute Gasteiger partial charge is 0.338 e. The molecule has 5 heteroatoms. The van der Waals surface area contributed by atoms with E-state index < -0.39 is 0 Å². The molecule has 2 aromatic rings. The molecule has 0 aliphatic rings. The van der Waals surface area contributed by atoms with Crippen LogP contribution >= 0.6 is 11.6 Å². The van der Waals surface area contributed by atoms with Crippen molar-refractivity contribution in [1.29, 1.82) is 0 Å². The molecule has 2 rings (SSSR count). The summed E-state index contributed by atoms with van der Waals surface area (Å²) >= 11 is 6.05. The number of fused-ring (bicyclic) bond motifs is 1. The topological polar surface area (TPSA) is 37.6 Å². The van der Waals surface area contributed by atoms with E-state index in [2.05, 4.69) is 11.9 Å². The second-order valence-electron chi connectivity index (χ2n) is 4.09. The molecule has 2 aromatic heterocycles. The van der Waals surface area contributed by atoms with E-state index in [1.807, 2.05) is 19.1 Å². The minimum absolute atomic E-state index is 0.0425. The summed E-state index contributed by atoms with van der Waals surface area (Å²) in [6.07, 6.45) is 2.63. The van der Waals surface area contributed by atoms with Crippen molar-refractivity contribution in [2.24, 2.45) is 0 Å². The fourth-order valence-corrected chi connectivity index (χ4v) is 2.12. The van der Waals surface area contributed by atoms with Crippen LogP contribution in [-0.2, 0) is 0 Å². The van der Waals surface area contributed by atoms with Gasteiger partial charge in [-0.25, -0.2) is 4.98 Å². The fourth-order valence-electron chi connectivity index (χ4n) is 1.92. The van der Waals surface area contributed by atoms with Crippen molar-refractivity contribution in [1.82, 2.24) is 14.3 Å². The van der Waals surface area contributed by atoms with E-state index >= 15 is 0 Å². The van der Waals surface area contributed by atoms with Crippen molar-refractivity contribution in [3.05, 3.63) is 35.2 Å². The molecule has 0 saturated carbocycles. The third-order valence-corrected chi connectivity index (χ3v) is 3.13. The summed E-state index contributed by atoms with van der Waals surface area (Å²) in [6.45, 7) is 5.46. The summed E-state index contributed by atoms with van der Waals surface area (Å²) in [5.74, 6) is -0.0425. The summed E-state index contributed by atoms with van der Waals surface area (Å²) < 4.78 is 1.72. The molecule has 0 spiro atoms. The molecule has 96 valence electrons. The molecule has 2 heterocycles. The highest BCUT2D eigenvalue weighted by molar-refractivity contribution is 6.29. The maximum Gasteiger partial charge on any atom is 0.274 e. The molecule has 18 heavy (non-hydrogen) atoms. The van der Waals surface area contributed by atoms with Crippen LogP contribution in [-0.4, -0.2) is 33.3 Å². The molecule has 0 atom stereocenters. The van der Waals surface area contributed by atoms with Gasteiger partial charge in [0.15, 0.2) is 0 Å². The highest BCUT2D eigenvalue weighted by Gasteiger charge is 2.17. The molecule has 0 bridgehead atoms. The Bertz CT molecular complexity index is 564. The van der Waals surface area contributed by atoms with Crippen LogP contribution in [0.1, 0.15) is 30.8 Å². The Morgan fingerprint density at radius 2 is 2.22 bits per heavy atom. The van der Waals surface area contributed by atoms with Gasteiger partial charge in [0.05, 0.1) is 0 Å². The van der Waals surface area contributed by atoms with Gasteiger partial charge in [-0.3, -0.25) is 9.20 Å². The number of hydrogen-bond acceptors (Lipinski definition) is 2. The van der Waals surface area contributed by atoms with Crippen LogP contribution in [0.2, 0.25) is 5.15 Å². The molecule has 0 fully saturated rings. The number of rotatable bonds is 4. The van der Waals surface area contributed by atoms with E-state index in [0.717, 1.165) is 13.0 Å². The van der Waals surface area contributed by atoms with Crippen LogP contribution in [0.25, 0.3) is 5.65 Å². The number of halogens is 1. The van der Waals surface area contributed by atoms with Gasteiger partial charge < -0.3 is 4.90 Å². The Morgan fingerprint density at radius 3 is 2.83 bits per heavy atom. The molecule has 0 N–H and O–H groups in total. The number of aromatic nitrogens is 2. The zero-order valence-electron chi connectivity index (χ0n) is 10.6. The average molecular weight is 266 g/mol. The maximum absolute atomic E-state index is 12.3. The van der Waals surface area contributed by atoms with E-state index in [1.54, 1.807) is 21.6 Å². The van der Waals surface area contributed by atoms with Gasteiger partial charge in [0.1, 0.15) is 16.5 Å². The van der Waals surface area contributed by atoms with Gasteiger partial charge in [0, 0.05) is 19.3 Å². The van der Waals surface area contributed by atoms with Gasteiger partial charge in [0.25, 0.3) is 5.91 Å². The van der Waals surface area contributed by atoms with Crippen LogP contribution in [0.3, 0.4) is 0 Å². The van der Waals surface area contributed by atoms with Gasteiger partial charge in [-0.1, -0.05) is 24.6 Å². The first-order valence-corrected chi connectivity index (χ1v) is 6.48. The zero-order valence-corrected chi connectivity index (χ0v) is 11.3. The minimum Gasteiger partial charge on any atom is -0.338 e. The average Bonchev–Trinajstić information content (AvgIpc) is 2.80. The molecule has 0 saturated heterocycles. The molecule has 0 aliphatic heterocycles. The predicted molar refractivity (Wildman–Crippen MR) is 72.1 cm³/mol. The Labute approximate surface area is 111 Å². The number of carbonyl (C=O) groups excluding carboxylic acids is 1. The molecule has 0 aromatic carbocycles. The predicted octanol–water partition coefficient (Wildman–Crippen LogP) is 2.86. The lowest BCUT2D eigenvalue weighted by Gasteiger charge is -2.18. The quantitative estimate of drug-likeness (QED) is 0.797. The minimum atomic E-state index is -0.0425. The Kier molecular flexibility index (Phi) is 3.87. The fraction of sp³-hybridized carbons (Fsp3) is 0.385. The van der Waals surface area contributed by atoms with E-state index in [-0.39, 0.29) is 5.91 Å². The first-order chi connectivity index (χ1) is 8.67. The Balaban J connectivity index is 2.36. The second kappa shape index (κ2) is 5.40. The smallest absolute Gasteiger partial charge is 0.274 e. The number of imidazole rings is 1. The van der Waals surface area contributed by atoms with Crippen molar-refractivity contribution in [2.75, 3.05) is 13.1 Å². The molecule has 0 aliphatic carbocycles. The van der Waals surface area contributed by atoms with Crippen LogP contribution in [0.4, 0.5) is 0 Å². The van der Waals surface area contributed by atoms with E-state index in [4.69, 9.17) is 11.6 Å². The highest BCUT2D eigenvalue weighted by atomic mass is 35.5. The van der Waals surface area contributed by atoms with Gasteiger partial charge in [-0.05, 0) is 25.5 Å². The SMILES string of the molecule is CCCN(CC)C(=O)c1cn2c(Cl)cccc2n1. The lowest BCUT2D eigenvalue weighted by molar-refractivity contribution is 0.0759. The van der Waals surface area contributed by atoms with Crippen molar-refractivity contribution in [3.8, 4) is 0 Å². The van der Waals surface area contributed by atoms with Crippen molar-refractivity contribution >= 4 is 23.2 Å². The number of amides is 1. The highest BCUT2D eigenvalue weighted by Crippen LogP contribution is 2.14. The van der Waals surface area contributed by atoms with Crippen molar-refractivity contribution in [2.45, 2.75) is 20.3 Å². The molecule has 0 unspecified atom stereocenters. The van der Waals surface area contributed by atoms with Gasteiger partial charge >= 0.3 is 0 Å². The summed E-state index contributed by atoms with van der Waals surface area (Å²) in [5, 5.41) is 0.553. The van der Waals surface area contributed by atoms with Crippen LogP contribution in [0.15, 0.2) is 24.4 Å². The van der Waals surface area contributed by atoms with Gasteiger partial charge in [-0.2, -0.15) is 0 Å². The summed E-state index contributed by atoms with van der Waals surface area (Å²) in [6, 6.07) is 5.43. The van der Waals surface area contributed by atoms with Gasteiger partial charge in [-0.15, -0.1) is 0 Å². The monoisotopic (exact) mass is 265 g/mol. The second-order valence-corrected chi connectivity index (χ2v) is 4.47. The summed E-state index contributed by atoms with van der Waals surface area (Å²) in [7, 11) is 0. The van der Waals surface area contributed by atoms with E-state index in [0.29, 0.717) is 23.0 Å². The van der Waals surface area contributed by atoms with E-state index in [1.165, 1.54) is 0 Å². The standard InChI is InChI=1S/C13H16ClN3O/c1-3-8-16(4-2)13(18)10-9-17-11(14)6-5-7-12(17)15-10/h5-7,9H,3-4,8H2,1-2H3. The molecule has 4 nitrogen and oxygen atoms in total. The summed E-state index contributed by atoms with van der Waals surface area (Å²) in [5.41, 5.74) is 1.14. The normalized spacial score (nSPS) is 10.8. The Hall–Kier alpha value is -1.55. The lowest BCUT2D eigenvalue weighted by Crippen LogP contribution is -2.31. The lowest BCUT2D eigenvalue weighted by atomic mass is 10.3. The molecular weight excluding hydrogens is 250 g/mol. The number of carbonyl (C=O) groups is 1. The number of nitrogens with zero attached hydrogens (tertiary/aromatic N) is 3. The molecule has 1 amide bonds. The third-order valence-electron chi connectivity index (χ3n) is 2.82. The van der Waals surface area contributed by atoms with Crippen LogP contribution in [0.5, 0.6) is 0 Å². The maximum atomic E-state index is 12.3. The first-order valence-electron chi connectivity index (χ1n) is 6.10. The van der Waals surface area contributed by atoms with Crippen molar-refractivity contribution in [3.63, 3.8) is 0 Å². The molecule has 0 radical (unpaired) electrons. The third kappa shape index (κ3) is 2.34. The number of hydrogen-bond donors (Lipinski definition) is 0. The zero-order chi connectivity index (χ0) is 13.1. The van der Waals surface area contributed by atoms with Crippen LogP contribution in [0, 0.1) is 0 Å².